The van der Waals surface area contributed by atoms with Crippen molar-refractivity contribution in [2.75, 3.05) is 11.1 Å². The molecule has 0 unspecified atom stereocenters. The summed E-state index contributed by atoms with van der Waals surface area (Å²) in [6, 6.07) is 3.88. The lowest BCUT2D eigenvalue weighted by Gasteiger charge is -2.10. The van der Waals surface area contributed by atoms with Crippen molar-refractivity contribution in [2.45, 2.75) is 25.2 Å². The SMILES string of the molecule is C=CCn1c(COc2ccc(F)cc2Cl)nnc1SCC(=O)Nc1nnc(C)s1. The summed E-state index contributed by atoms with van der Waals surface area (Å²) in [6.07, 6.45) is 1.69. The van der Waals surface area contributed by atoms with Crippen molar-refractivity contribution in [2.24, 2.45) is 0 Å². The Labute approximate surface area is 179 Å². The third-order valence-electron chi connectivity index (χ3n) is 3.46. The molecule has 0 aliphatic rings. The van der Waals surface area contributed by atoms with Crippen molar-refractivity contribution in [3.63, 3.8) is 0 Å². The molecule has 8 nitrogen and oxygen atoms in total. The van der Waals surface area contributed by atoms with Crippen LogP contribution in [0.4, 0.5) is 9.52 Å². The number of nitrogens with one attached hydrogen (secondary N) is 1. The number of halogens is 2. The topological polar surface area (TPSA) is 94.8 Å². The van der Waals surface area contributed by atoms with Crippen LogP contribution in [0, 0.1) is 12.7 Å². The van der Waals surface area contributed by atoms with Gasteiger partial charge in [0.05, 0.1) is 10.8 Å². The first-order valence-electron chi connectivity index (χ1n) is 8.30. The number of aryl methyl sites for hydroxylation is 1. The Morgan fingerprint density at radius 3 is 2.93 bits per heavy atom. The molecule has 0 bridgehead atoms. The molecule has 1 aromatic carbocycles. The minimum Gasteiger partial charge on any atom is -0.484 e. The molecule has 3 aromatic rings. The molecular formula is C17H16ClFN6O2S2. The smallest absolute Gasteiger partial charge is 0.236 e. The highest BCUT2D eigenvalue weighted by atomic mass is 35.5. The van der Waals surface area contributed by atoms with Crippen LogP contribution in [0.2, 0.25) is 5.02 Å². The van der Waals surface area contributed by atoms with Gasteiger partial charge in [0.1, 0.15) is 23.2 Å². The summed E-state index contributed by atoms with van der Waals surface area (Å²) in [5.74, 6) is 0.307. The minimum absolute atomic E-state index is 0.0724. The standard InChI is InChI=1S/C17H16ClFN6O2S2/c1-3-6-25-14(8-27-13-5-4-11(19)7-12(13)18)22-24-17(25)28-9-15(26)20-16-23-21-10(2)29-16/h3-5,7H,1,6,8-9H2,2H3,(H,20,23,26). The Kier molecular flexibility index (Phi) is 7.18. The second-order valence-corrected chi connectivity index (χ2v) is 8.16. The third-order valence-corrected chi connectivity index (χ3v) is 5.48. The molecule has 1 N–H and O–H groups in total. The van der Waals surface area contributed by atoms with E-state index in [1.807, 2.05) is 6.92 Å². The Balaban J connectivity index is 1.63. The average molecular weight is 455 g/mol. The molecule has 0 aliphatic heterocycles. The normalized spacial score (nSPS) is 10.7. The molecule has 2 heterocycles. The quantitative estimate of drug-likeness (QED) is 0.389. The molecule has 29 heavy (non-hydrogen) atoms. The Bertz CT molecular complexity index is 1030. The van der Waals surface area contributed by atoms with E-state index >= 15 is 0 Å². The van der Waals surface area contributed by atoms with Gasteiger partial charge in [-0.15, -0.1) is 27.0 Å². The number of thioether (sulfide) groups is 1. The molecule has 12 heteroatoms. The van der Waals surface area contributed by atoms with E-state index in [0.717, 1.165) is 5.01 Å². The number of amides is 1. The van der Waals surface area contributed by atoms with E-state index < -0.39 is 5.82 Å². The fourth-order valence-corrected chi connectivity index (χ4v) is 3.81. The van der Waals surface area contributed by atoms with Gasteiger partial charge >= 0.3 is 0 Å². The van der Waals surface area contributed by atoms with Crippen LogP contribution in [0.1, 0.15) is 10.8 Å². The molecule has 3 rings (SSSR count). The summed E-state index contributed by atoms with van der Waals surface area (Å²) >= 11 is 8.50. The number of benzene rings is 1. The summed E-state index contributed by atoms with van der Waals surface area (Å²) in [6.45, 7) is 6.04. The van der Waals surface area contributed by atoms with Crippen LogP contribution in [-0.2, 0) is 17.9 Å². The molecule has 1 amide bonds. The van der Waals surface area contributed by atoms with Crippen LogP contribution in [0.25, 0.3) is 0 Å². The van der Waals surface area contributed by atoms with E-state index in [2.05, 4.69) is 32.3 Å². The van der Waals surface area contributed by atoms with Crippen molar-refractivity contribution in [3.05, 3.63) is 52.5 Å². The maximum Gasteiger partial charge on any atom is 0.236 e. The summed E-state index contributed by atoms with van der Waals surface area (Å²) in [4.78, 5) is 12.1. The van der Waals surface area contributed by atoms with Crippen LogP contribution in [0.15, 0.2) is 36.0 Å². The van der Waals surface area contributed by atoms with Gasteiger partial charge in [0.15, 0.2) is 11.0 Å². The number of hydrogen-bond acceptors (Lipinski definition) is 8. The third kappa shape index (κ3) is 5.75. The zero-order valence-electron chi connectivity index (χ0n) is 15.3. The first kappa shape index (κ1) is 21.2. The van der Waals surface area contributed by atoms with Gasteiger partial charge in [0.2, 0.25) is 11.0 Å². The molecule has 0 radical (unpaired) electrons. The van der Waals surface area contributed by atoms with Crippen LogP contribution >= 0.6 is 34.7 Å². The highest BCUT2D eigenvalue weighted by molar-refractivity contribution is 7.99. The van der Waals surface area contributed by atoms with E-state index in [4.69, 9.17) is 16.3 Å². The zero-order chi connectivity index (χ0) is 20.8. The lowest BCUT2D eigenvalue weighted by molar-refractivity contribution is -0.113. The first-order chi connectivity index (χ1) is 14.0. The highest BCUT2D eigenvalue weighted by Gasteiger charge is 2.15. The number of nitrogens with zero attached hydrogens (tertiary/aromatic N) is 5. The molecule has 0 fully saturated rings. The second-order valence-electron chi connectivity index (χ2n) is 5.62. The number of carbonyl (C=O) groups is 1. The molecule has 0 spiro atoms. The molecule has 152 valence electrons. The van der Waals surface area contributed by atoms with Crippen LogP contribution in [0.5, 0.6) is 5.75 Å². The number of aromatic nitrogens is 5. The van der Waals surface area contributed by atoms with Gasteiger partial charge in [-0.25, -0.2) is 4.39 Å². The van der Waals surface area contributed by atoms with Crippen molar-refractivity contribution >= 4 is 45.7 Å². The lowest BCUT2D eigenvalue weighted by Crippen LogP contribution is -2.15. The fraction of sp³-hybridized carbons (Fsp3) is 0.235. The Morgan fingerprint density at radius 2 is 2.24 bits per heavy atom. The van der Waals surface area contributed by atoms with Gasteiger partial charge in [0, 0.05) is 6.54 Å². The van der Waals surface area contributed by atoms with E-state index in [0.29, 0.717) is 28.4 Å². The van der Waals surface area contributed by atoms with Gasteiger partial charge in [-0.05, 0) is 25.1 Å². The van der Waals surface area contributed by atoms with E-state index in [9.17, 15) is 9.18 Å². The van der Waals surface area contributed by atoms with E-state index in [1.54, 1.807) is 10.6 Å². The molecule has 2 aromatic heterocycles. The van der Waals surface area contributed by atoms with Crippen molar-refractivity contribution in [1.82, 2.24) is 25.0 Å². The number of ether oxygens (including phenoxy) is 1. The average Bonchev–Trinajstić information content (AvgIpc) is 3.26. The van der Waals surface area contributed by atoms with E-state index in [1.165, 1.54) is 41.3 Å². The predicted molar refractivity (Wildman–Crippen MR) is 110 cm³/mol. The van der Waals surface area contributed by atoms with Gasteiger partial charge in [-0.1, -0.05) is 40.8 Å². The van der Waals surface area contributed by atoms with Gasteiger partial charge in [-0.3, -0.25) is 14.7 Å². The van der Waals surface area contributed by atoms with Crippen LogP contribution in [0.3, 0.4) is 0 Å². The zero-order valence-corrected chi connectivity index (χ0v) is 17.7. The molecule has 0 saturated carbocycles. The van der Waals surface area contributed by atoms with Gasteiger partial charge in [-0.2, -0.15) is 0 Å². The predicted octanol–water partition coefficient (Wildman–Crippen LogP) is 3.73. The van der Waals surface area contributed by atoms with Crippen molar-refractivity contribution in [3.8, 4) is 5.75 Å². The summed E-state index contributed by atoms with van der Waals surface area (Å²) in [7, 11) is 0. The number of anilines is 1. The molecule has 0 saturated heterocycles. The van der Waals surface area contributed by atoms with E-state index in [-0.39, 0.29) is 23.3 Å². The lowest BCUT2D eigenvalue weighted by atomic mass is 10.3. The van der Waals surface area contributed by atoms with Crippen LogP contribution in [-0.4, -0.2) is 36.6 Å². The summed E-state index contributed by atoms with van der Waals surface area (Å²) < 4.78 is 20.5. The number of rotatable bonds is 9. The monoisotopic (exact) mass is 454 g/mol. The molecule has 0 aliphatic carbocycles. The van der Waals surface area contributed by atoms with Crippen LogP contribution < -0.4 is 10.1 Å². The maximum atomic E-state index is 13.1. The Hall–Kier alpha value is -2.50. The summed E-state index contributed by atoms with van der Waals surface area (Å²) in [5.41, 5.74) is 0. The first-order valence-corrected chi connectivity index (χ1v) is 10.5. The van der Waals surface area contributed by atoms with Crippen molar-refractivity contribution in [1.29, 1.82) is 0 Å². The molecule has 0 atom stereocenters. The Morgan fingerprint density at radius 1 is 1.41 bits per heavy atom. The maximum absolute atomic E-state index is 13.1. The second kappa shape index (κ2) is 9.81. The summed E-state index contributed by atoms with van der Waals surface area (Å²) in [5, 5.41) is 20.5. The van der Waals surface area contributed by atoms with Gasteiger partial charge < -0.3 is 4.74 Å². The van der Waals surface area contributed by atoms with Crippen molar-refractivity contribution < 1.29 is 13.9 Å². The fourth-order valence-electron chi connectivity index (χ4n) is 2.21. The minimum atomic E-state index is -0.446. The number of allylic oxidation sites excluding steroid dienone is 1. The largest absolute Gasteiger partial charge is 0.484 e. The highest BCUT2D eigenvalue weighted by Crippen LogP contribution is 2.26. The van der Waals surface area contributed by atoms with Gasteiger partial charge in [0.25, 0.3) is 0 Å². The number of hydrogen-bond donors (Lipinski definition) is 1. The number of carbonyl (C=O) groups excluding carboxylic acids is 1. The molecular weight excluding hydrogens is 439 g/mol.